The van der Waals surface area contributed by atoms with Gasteiger partial charge in [-0.15, -0.1) is 0 Å². The van der Waals surface area contributed by atoms with E-state index in [0.717, 1.165) is 27.9 Å². The van der Waals surface area contributed by atoms with Gasteiger partial charge in [0.2, 0.25) is 11.8 Å². The number of halogens is 1. The van der Waals surface area contributed by atoms with Crippen molar-refractivity contribution in [2.75, 3.05) is 18.5 Å². The number of anilines is 1. The molecule has 2 aromatic rings. The molecule has 26 heavy (non-hydrogen) atoms. The molecular formula is C20H23BrN2O3. The molecule has 138 valence electrons. The molecule has 0 radical (unpaired) electrons. The maximum absolute atomic E-state index is 12.0. The molecule has 0 spiro atoms. The second kappa shape index (κ2) is 10.6. The Hall–Kier alpha value is -2.34. The quantitative estimate of drug-likeness (QED) is 0.606. The SMILES string of the molecule is CCc1ccccc1NC(=O)CNC(=O)CCCOc1cccc(Br)c1. The first kappa shape index (κ1) is 20.0. The van der Waals surface area contributed by atoms with Crippen molar-refractivity contribution in [1.82, 2.24) is 5.32 Å². The third kappa shape index (κ3) is 6.88. The van der Waals surface area contributed by atoms with Gasteiger partial charge in [0.25, 0.3) is 0 Å². The summed E-state index contributed by atoms with van der Waals surface area (Å²) in [5.41, 5.74) is 1.86. The number of carbonyl (C=O) groups is 2. The van der Waals surface area contributed by atoms with Gasteiger partial charge in [0, 0.05) is 16.6 Å². The fourth-order valence-corrected chi connectivity index (χ4v) is 2.77. The lowest BCUT2D eigenvalue weighted by Crippen LogP contribution is -2.33. The van der Waals surface area contributed by atoms with Crippen LogP contribution in [-0.4, -0.2) is 25.0 Å². The van der Waals surface area contributed by atoms with E-state index in [1.54, 1.807) is 0 Å². The van der Waals surface area contributed by atoms with E-state index in [4.69, 9.17) is 4.74 Å². The van der Waals surface area contributed by atoms with Gasteiger partial charge in [-0.05, 0) is 42.7 Å². The van der Waals surface area contributed by atoms with Crippen LogP contribution >= 0.6 is 15.9 Å². The summed E-state index contributed by atoms with van der Waals surface area (Å²) in [6.07, 6.45) is 1.73. The molecule has 0 saturated carbocycles. The first-order chi connectivity index (χ1) is 12.6. The molecule has 0 aliphatic heterocycles. The van der Waals surface area contributed by atoms with Crippen molar-refractivity contribution < 1.29 is 14.3 Å². The smallest absolute Gasteiger partial charge is 0.243 e. The number of amides is 2. The van der Waals surface area contributed by atoms with Crippen LogP contribution in [-0.2, 0) is 16.0 Å². The molecule has 6 heteroatoms. The topological polar surface area (TPSA) is 67.4 Å². The number of hydrogen-bond donors (Lipinski definition) is 2. The summed E-state index contributed by atoms with van der Waals surface area (Å²) < 4.78 is 6.53. The van der Waals surface area contributed by atoms with Gasteiger partial charge >= 0.3 is 0 Å². The van der Waals surface area contributed by atoms with Crippen LogP contribution in [0.2, 0.25) is 0 Å². The summed E-state index contributed by atoms with van der Waals surface area (Å²) in [6.45, 7) is 2.44. The monoisotopic (exact) mass is 418 g/mol. The molecule has 0 aromatic heterocycles. The largest absolute Gasteiger partial charge is 0.494 e. The molecule has 0 aliphatic carbocycles. The van der Waals surface area contributed by atoms with Gasteiger partial charge in [0.05, 0.1) is 13.2 Å². The van der Waals surface area contributed by atoms with Crippen molar-refractivity contribution in [2.24, 2.45) is 0 Å². The van der Waals surface area contributed by atoms with Crippen LogP contribution in [0, 0.1) is 0 Å². The Bertz CT molecular complexity index is 749. The molecule has 0 bridgehead atoms. The van der Waals surface area contributed by atoms with E-state index in [9.17, 15) is 9.59 Å². The third-order valence-corrected chi connectivity index (χ3v) is 4.22. The van der Waals surface area contributed by atoms with Gasteiger partial charge in [0.1, 0.15) is 5.75 Å². The van der Waals surface area contributed by atoms with Gasteiger partial charge in [-0.1, -0.05) is 47.1 Å². The van der Waals surface area contributed by atoms with E-state index in [-0.39, 0.29) is 18.4 Å². The Labute approximate surface area is 162 Å². The predicted octanol–water partition coefficient (Wildman–Crippen LogP) is 3.93. The number of para-hydroxylation sites is 1. The van der Waals surface area contributed by atoms with Crippen LogP contribution in [0.4, 0.5) is 5.69 Å². The fraction of sp³-hybridized carbons (Fsp3) is 0.300. The molecule has 2 aromatic carbocycles. The summed E-state index contributed by atoms with van der Waals surface area (Å²) in [5.74, 6) is 0.361. The average molecular weight is 419 g/mol. The maximum Gasteiger partial charge on any atom is 0.243 e. The van der Waals surface area contributed by atoms with Crippen molar-refractivity contribution in [3.8, 4) is 5.75 Å². The Kier molecular flexibility index (Phi) is 8.15. The number of benzene rings is 2. The third-order valence-electron chi connectivity index (χ3n) is 3.73. The Balaban J connectivity index is 1.64. The summed E-state index contributed by atoms with van der Waals surface area (Å²) in [4.78, 5) is 23.8. The first-order valence-electron chi connectivity index (χ1n) is 8.61. The number of rotatable bonds is 9. The van der Waals surface area contributed by atoms with Crippen molar-refractivity contribution in [3.63, 3.8) is 0 Å². The van der Waals surface area contributed by atoms with Gasteiger partial charge in [-0.3, -0.25) is 9.59 Å². The second-order valence-electron chi connectivity index (χ2n) is 5.74. The van der Waals surface area contributed by atoms with E-state index < -0.39 is 0 Å². The molecule has 2 N–H and O–H groups in total. The van der Waals surface area contributed by atoms with E-state index >= 15 is 0 Å². The minimum atomic E-state index is -0.232. The van der Waals surface area contributed by atoms with E-state index in [0.29, 0.717) is 19.4 Å². The lowest BCUT2D eigenvalue weighted by atomic mass is 10.1. The van der Waals surface area contributed by atoms with Crippen LogP contribution in [0.25, 0.3) is 0 Å². The van der Waals surface area contributed by atoms with E-state index in [2.05, 4.69) is 26.6 Å². The summed E-state index contributed by atoms with van der Waals surface area (Å²) in [5, 5.41) is 5.46. The highest BCUT2D eigenvalue weighted by Gasteiger charge is 2.08. The Morgan fingerprint density at radius 3 is 2.65 bits per heavy atom. The predicted molar refractivity (Wildman–Crippen MR) is 106 cm³/mol. The van der Waals surface area contributed by atoms with E-state index in [1.807, 2.05) is 55.5 Å². The molecule has 0 fully saturated rings. The first-order valence-corrected chi connectivity index (χ1v) is 9.40. The average Bonchev–Trinajstić information content (AvgIpc) is 2.64. The van der Waals surface area contributed by atoms with Crippen molar-refractivity contribution in [2.45, 2.75) is 26.2 Å². The molecule has 0 atom stereocenters. The minimum absolute atomic E-state index is 0.0383. The van der Waals surface area contributed by atoms with Gasteiger partial charge in [0.15, 0.2) is 0 Å². The highest BCUT2D eigenvalue weighted by molar-refractivity contribution is 9.10. The van der Waals surface area contributed by atoms with E-state index in [1.165, 1.54) is 0 Å². The highest BCUT2D eigenvalue weighted by atomic mass is 79.9. The second-order valence-corrected chi connectivity index (χ2v) is 6.66. The minimum Gasteiger partial charge on any atom is -0.494 e. The molecule has 2 amide bonds. The molecule has 0 heterocycles. The van der Waals surface area contributed by atoms with Gasteiger partial charge in [-0.2, -0.15) is 0 Å². The normalized spacial score (nSPS) is 10.2. The molecule has 2 rings (SSSR count). The van der Waals surface area contributed by atoms with Crippen molar-refractivity contribution >= 4 is 33.4 Å². The lowest BCUT2D eigenvalue weighted by Gasteiger charge is -2.10. The number of nitrogens with one attached hydrogen (secondary N) is 2. The Morgan fingerprint density at radius 2 is 1.88 bits per heavy atom. The van der Waals surface area contributed by atoms with Gasteiger partial charge in [-0.25, -0.2) is 0 Å². The maximum atomic E-state index is 12.0. The zero-order valence-corrected chi connectivity index (χ0v) is 16.3. The molecule has 0 saturated heterocycles. The zero-order chi connectivity index (χ0) is 18.8. The summed E-state index contributed by atoms with van der Waals surface area (Å²) >= 11 is 3.38. The van der Waals surface area contributed by atoms with Crippen LogP contribution in [0.5, 0.6) is 5.75 Å². The van der Waals surface area contributed by atoms with Crippen molar-refractivity contribution in [1.29, 1.82) is 0 Å². The Morgan fingerprint density at radius 1 is 1.08 bits per heavy atom. The fourth-order valence-electron chi connectivity index (χ4n) is 2.39. The number of aryl methyl sites for hydroxylation is 1. The number of ether oxygens (including phenoxy) is 1. The van der Waals surface area contributed by atoms with Gasteiger partial charge < -0.3 is 15.4 Å². The molecule has 0 aliphatic rings. The van der Waals surface area contributed by atoms with Crippen molar-refractivity contribution in [3.05, 3.63) is 58.6 Å². The van der Waals surface area contributed by atoms with Crippen LogP contribution in [0.15, 0.2) is 53.0 Å². The highest BCUT2D eigenvalue weighted by Crippen LogP contribution is 2.18. The molecular weight excluding hydrogens is 396 g/mol. The van der Waals surface area contributed by atoms with Crippen LogP contribution in [0.1, 0.15) is 25.3 Å². The van der Waals surface area contributed by atoms with Crippen LogP contribution in [0.3, 0.4) is 0 Å². The molecule has 0 unspecified atom stereocenters. The van der Waals surface area contributed by atoms with Crippen LogP contribution < -0.4 is 15.4 Å². The summed E-state index contributed by atoms with van der Waals surface area (Å²) in [6, 6.07) is 15.2. The number of hydrogen-bond acceptors (Lipinski definition) is 3. The zero-order valence-electron chi connectivity index (χ0n) is 14.8. The lowest BCUT2D eigenvalue weighted by molar-refractivity contribution is -0.124. The number of carbonyl (C=O) groups excluding carboxylic acids is 2. The standard InChI is InChI=1S/C20H23BrN2O3/c1-2-15-7-3-4-10-18(15)23-20(25)14-22-19(24)11-6-12-26-17-9-5-8-16(21)13-17/h3-5,7-10,13H,2,6,11-12,14H2,1H3,(H,22,24)(H,23,25). The molecule has 5 nitrogen and oxygen atoms in total. The summed E-state index contributed by atoms with van der Waals surface area (Å²) in [7, 11) is 0.